The van der Waals surface area contributed by atoms with Crippen LogP contribution >= 0.6 is 0 Å². The predicted molar refractivity (Wildman–Crippen MR) is 116 cm³/mol. The second kappa shape index (κ2) is 12.3. The molecule has 0 atom stereocenters. The maximum atomic E-state index is 12.5. The standard InChI is InChI=1S/C21H16O3.C4H10O2/c22-14-18-13-19(24-15-16-7-3-1-4-8-16)11-12-20(18)21(23)17-9-5-2-6-10-17;1-4(5-2)6-3/h1-14H,15H2;4H,1-3H3. The maximum absolute atomic E-state index is 12.5. The molecule has 3 aromatic carbocycles. The van der Waals surface area contributed by atoms with E-state index in [4.69, 9.17) is 4.74 Å². The number of hydrogen-bond donors (Lipinski definition) is 0. The van der Waals surface area contributed by atoms with Crippen LogP contribution in [0.3, 0.4) is 0 Å². The number of ether oxygens (including phenoxy) is 3. The highest BCUT2D eigenvalue weighted by Gasteiger charge is 2.14. The third-order valence-corrected chi connectivity index (χ3v) is 4.34. The van der Waals surface area contributed by atoms with E-state index in [1.807, 2.05) is 43.3 Å². The highest BCUT2D eigenvalue weighted by Crippen LogP contribution is 2.20. The SMILES string of the molecule is COC(C)OC.O=Cc1cc(OCc2ccccc2)ccc1C(=O)c1ccccc1. The molecule has 0 aliphatic heterocycles. The second-order valence-electron chi connectivity index (χ2n) is 6.38. The highest BCUT2D eigenvalue weighted by molar-refractivity contribution is 6.12. The number of carbonyl (C=O) groups excluding carboxylic acids is 2. The summed E-state index contributed by atoms with van der Waals surface area (Å²) in [5, 5.41) is 0. The lowest BCUT2D eigenvalue weighted by atomic mass is 9.99. The summed E-state index contributed by atoms with van der Waals surface area (Å²) in [5.74, 6) is 0.387. The van der Waals surface area contributed by atoms with Crippen LogP contribution in [0.15, 0.2) is 78.9 Å². The Morgan fingerprint density at radius 2 is 1.50 bits per heavy atom. The van der Waals surface area contributed by atoms with Crippen molar-refractivity contribution < 1.29 is 23.8 Å². The number of ketones is 1. The van der Waals surface area contributed by atoms with Crippen LogP contribution in [0.2, 0.25) is 0 Å². The summed E-state index contributed by atoms with van der Waals surface area (Å²) in [6.07, 6.45) is 0.621. The summed E-state index contributed by atoms with van der Waals surface area (Å²) in [4.78, 5) is 23.9. The molecule has 0 aliphatic carbocycles. The van der Waals surface area contributed by atoms with Gasteiger partial charge in [0.05, 0.1) is 0 Å². The molecule has 0 fully saturated rings. The van der Waals surface area contributed by atoms with E-state index >= 15 is 0 Å². The Balaban J connectivity index is 0.000000469. The fourth-order valence-electron chi connectivity index (χ4n) is 2.52. The fourth-order valence-corrected chi connectivity index (χ4v) is 2.52. The summed E-state index contributed by atoms with van der Waals surface area (Å²) in [6, 6.07) is 23.6. The minimum Gasteiger partial charge on any atom is -0.489 e. The molecule has 0 bridgehead atoms. The molecule has 0 N–H and O–H groups in total. The van der Waals surface area contributed by atoms with Gasteiger partial charge in [-0.2, -0.15) is 0 Å². The van der Waals surface area contributed by atoms with Crippen LogP contribution in [-0.2, 0) is 16.1 Å². The summed E-state index contributed by atoms with van der Waals surface area (Å²) >= 11 is 0. The normalized spacial score (nSPS) is 10.1. The van der Waals surface area contributed by atoms with E-state index in [2.05, 4.69) is 9.47 Å². The zero-order valence-corrected chi connectivity index (χ0v) is 17.4. The molecule has 3 rings (SSSR count). The van der Waals surface area contributed by atoms with Crippen LogP contribution in [0.5, 0.6) is 5.75 Å². The van der Waals surface area contributed by atoms with Gasteiger partial charge in [0, 0.05) is 30.9 Å². The number of carbonyl (C=O) groups is 2. The number of benzene rings is 3. The topological polar surface area (TPSA) is 61.8 Å². The van der Waals surface area contributed by atoms with Crippen molar-refractivity contribution in [2.24, 2.45) is 0 Å². The van der Waals surface area contributed by atoms with Gasteiger partial charge in [-0.1, -0.05) is 60.7 Å². The van der Waals surface area contributed by atoms with Crippen LogP contribution < -0.4 is 4.74 Å². The largest absolute Gasteiger partial charge is 0.489 e. The number of methoxy groups -OCH3 is 2. The molecule has 5 heteroatoms. The Labute approximate surface area is 177 Å². The minimum absolute atomic E-state index is 0.0648. The Kier molecular flexibility index (Phi) is 9.45. The molecule has 0 saturated carbocycles. The highest BCUT2D eigenvalue weighted by atomic mass is 16.7. The number of aldehydes is 1. The molecule has 5 nitrogen and oxygen atoms in total. The monoisotopic (exact) mass is 406 g/mol. The molecular formula is C25H26O5. The van der Waals surface area contributed by atoms with E-state index in [-0.39, 0.29) is 12.1 Å². The Bertz CT molecular complexity index is 919. The molecule has 156 valence electrons. The van der Waals surface area contributed by atoms with E-state index < -0.39 is 0 Å². The number of hydrogen-bond acceptors (Lipinski definition) is 5. The number of rotatable bonds is 8. The second-order valence-corrected chi connectivity index (χ2v) is 6.38. The van der Waals surface area contributed by atoms with E-state index in [1.54, 1.807) is 56.7 Å². The van der Waals surface area contributed by atoms with Crippen LogP contribution in [0.1, 0.15) is 38.8 Å². The van der Waals surface area contributed by atoms with Crippen LogP contribution in [0, 0.1) is 0 Å². The molecule has 0 heterocycles. The zero-order valence-electron chi connectivity index (χ0n) is 17.4. The molecule has 0 saturated heterocycles. The third kappa shape index (κ3) is 6.95. The van der Waals surface area contributed by atoms with Gasteiger partial charge in [-0.3, -0.25) is 9.59 Å². The van der Waals surface area contributed by atoms with Gasteiger partial charge in [0.15, 0.2) is 18.4 Å². The molecule has 0 aliphatic rings. The molecule has 0 radical (unpaired) electrons. The van der Waals surface area contributed by atoms with Gasteiger partial charge in [-0.15, -0.1) is 0 Å². The lowest BCUT2D eigenvalue weighted by Crippen LogP contribution is -2.06. The van der Waals surface area contributed by atoms with Crippen LogP contribution in [0.4, 0.5) is 0 Å². The summed E-state index contributed by atoms with van der Waals surface area (Å²) in [5.41, 5.74) is 2.30. The first-order valence-electron chi connectivity index (χ1n) is 9.50. The first-order valence-corrected chi connectivity index (χ1v) is 9.50. The van der Waals surface area contributed by atoms with E-state index in [1.165, 1.54) is 0 Å². The van der Waals surface area contributed by atoms with Crippen LogP contribution in [0.25, 0.3) is 0 Å². The van der Waals surface area contributed by atoms with Gasteiger partial charge in [-0.25, -0.2) is 0 Å². The average Bonchev–Trinajstić information content (AvgIpc) is 2.83. The quantitative estimate of drug-likeness (QED) is 0.301. The van der Waals surface area contributed by atoms with Gasteiger partial charge in [0.2, 0.25) is 0 Å². The average molecular weight is 406 g/mol. The van der Waals surface area contributed by atoms with Crippen molar-refractivity contribution in [1.82, 2.24) is 0 Å². The lowest BCUT2D eigenvalue weighted by Gasteiger charge is -2.09. The smallest absolute Gasteiger partial charge is 0.193 e. The molecular weight excluding hydrogens is 380 g/mol. The Hall–Kier alpha value is -3.28. The van der Waals surface area contributed by atoms with Crippen molar-refractivity contribution in [3.05, 3.63) is 101 Å². The molecule has 0 unspecified atom stereocenters. The minimum atomic E-state index is -0.174. The molecule has 0 aromatic heterocycles. The van der Waals surface area contributed by atoms with Crippen molar-refractivity contribution in [3.63, 3.8) is 0 Å². The Morgan fingerprint density at radius 1 is 0.900 bits per heavy atom. The fraction of sp³-hybridized carbons (Fsp3) is 0.200. The van der Waals surface area contributed by atoms with Gasteiger partial charge >= 0.3 is 0 Å². The first kappa shape index (κ1) is 23.0. The van der Waals surface area contributed by atoms with Gasteiger partial charge < -0.3 is 14.2 Å². The van der Waals surface area contributed by atoms with E-state index in [9.17, 15) is 9.59 Å². The Morgan fingerprint density at radius 3 is 2.03 bits per heavy atom. The van der Waals surface area contributed by atoms with Gasteiger partial charge in [-0.05, 0) is 30.7 Å². The molecule has 3 aromatic rings. The van der Waals surface area contributed by atoms with Gasteiger partial charge in [0.25, 0.3) is 0 Å². The van der Waals surface area contributed by atoms with E-state index in [0.29, 0.717) is 35.3 Å². The molecule has 0 spiro atoms. The predicted octanol–water partition coefficient (Wildman–Crippen LogP) is 4.93. The van der Waals surface area contributed by atoms with Gasteiger partial charge in [0.1, 0.15) is 12.4 Å². The van der Waals surface area contributed by atoms with Crippen molar-refractivity contribution in [2.45, 2.75) is 19.8 Å². The van der Waals surface area contributed by atoms with Crippen molar-refractivity contribution >= 4 is 12.1 Å². The molecule has 30 heavy (non-hydrogen) atoms. The first-order chi connectivity index (χ1) is 14.6. The summed E-state index contributed by atoms with van der Waals surface area (Å²) < 4.78 is 15.1. The zero-order chi connectivity index (χ0) is 21.8. The van der Waals surface area contributed by atoms with Crippen molar-refractivity contribution in [1.29, 1.82) is 0 Å². The lowest BCUT2D eigenvalue weighted by molar-refractivity contribution is -0.0877. The van der Waals surface area contributed by atoms with E-state index in [0.717, 1.165) is 5.56 Å². The molecule has 0 amide bonds. The third-order valence-electron chi connectivity index (χ3n) is 4.34. The summed E-state index contributed by atoms with van der Waals surface area (Å²) in [6.45, 7) is 2.24. The van der Waals surface area contributed by atoms with Crippen molar-refractivity contribution in [3.8, 4) is 5.75 Å². The van der Waals surface area contributed by atoms with Crippen LogP contribution in [-0.4, -0.2) is 32.6 Å². The maximum Gasteiger partial charge on any atom is 0.193 e. The van der Waals surface area contributed by atoms with Crippen molar-refractivity contribution in [2.75, 3.05) is 14.2 Å². The summed E-state index contributed by atoms with van der Waals surface area (Å²) in [7, 11) is 3.21.